The van der Waals surface area contributed by atoms with Gasteiger partial charge in [0.2, 0.25) is 5.91 Å². The normalized spacial score (nSPS) is 15.6. The molecule has 4 aromatic rings. The SMILES string of the molecule is Cc1ccc2c(c1)nnn2C1CCN(CC(=O)Nc2cccc3ccccc23)CC1. The lowest BCUT2D eigenvalue weighted by molar-refractivity contribution is -0.117. The van der Waals surface area contributed by atoms with Crippen LogP contribution in [0.3, 0.4) is 0 Å². The summed E-state index contributed by atoms with van der Waals surface area (Å²) in [6, 6.07) is 20.7. The van der Waals surface area contributed by atoms with E-state index in [-0.39, 0.29) is 5.91 Å². The molecule has 30 heavy (non-hydrogen) atoms. The van der Waals surface area contributed by atoms with Crippen molar-refractivity contribution in [3.63, 3.8) is 0 Å². The number of carbonyl (C=O) groups excluding carboxylic acids is 1. The van der Waals surface area contributed by atoms with Crippen LogP contribution in [-0.2, 0) is 4.79 Å². The third-order valence-electron chi connectivity index (χ3n) is 5.96. The molecule has 1 fully saturated rings. The summed E-state index contributed by atoms with van der Waals surface area (Å²) in [5.74, 6) is 0.0338. The molecular weight excluding hydrogens is 374 g/mol. The van der Waals surface area contributed by atoms with Gasteiger partial charge >= 0.3 is 0 Å². The summed E-state index contributed by atoms with van der Waals surface area (Å²) in [5, 5.41) is 14.0. The fraction of sp³-hybridized carbons (Fsp3) is 0.292. The van der Waals surface area contributed by atoms with Crippen LogP contribution >= 0.6 is 0 Å². The van der Waals surface area contributed by atoms with Crippen molar-refractivity contribution in [2.75, 3.05) is 25.0 Å². The second kappa shape index (κ2) is 7.88. The molecule has 2 heterocycles. The molecule has 0 unspecified atom stereocenters. The Balaban J connectivity index is 1.21. The zero-order valence-electron chi connectivity index (χ0n) is 17.1. The molecule has 6 nitrogen and oxygen atoms in total. The number of nitrogens with one attached hydrogen (secondary N) is 1. The van der Waals surface area contributed by atoms with Crippen molar-refractivity contribution < 1.29 is 4.79 Å². The minimum absolute atomic E-state index is 0.0338. The molecule has 0 aliphatic carbocycles. The van der Waals surface area contributed by atoms with Gasteiger partial charge in [-0.25, -0.2) is 4.68 Å². The fourth-order valence-electron chi connectivity index (χ4n) is 4.37. The van der Waals surface area contributed by atoms with Gasteiger partial charge in [-0.2, -0.15) is 0 Å². The number of likely N-dealkylation sites (tertiary alicyclic amines) is 1. The van der Waals surface area contributed by atoms with Crippen molar-refractivity contribution >= 4 is 33.4 Å². The summed E-state index contributed by atoms with van der Waals surface area (Å²) in [6.45, 7) is 4.23. The number of nitrogens with zero attached hydrogens (tertiary/aromatic N) is 4. The highest BCUT2D eigenvalue weighted by Gasteiger charge is 2.24. The lowest BCUT2D eigenvalue weighted by Gasteiger charge is -2.31. The first-order valence-electron chi connectivity index (χ1n) is 10.5. The van der Waals surface area contributed by atoms with E-state index in [0.717, 1.165) is 53.4 Å². The highest BCUT2D eigenvalue weighted by atomic mass is 16.2. The van der Waals surface area contributed by atoms with E-state index in [0.29, 0.717) is 12.6 Å². The predicted molar refractivity (Wildman–Crippen MR) is 120 cm³/mol. The number of benzene rings is 3. The van der Waals surface area contributed by atoms with E-state index in [1.54, 1.807) is 0 Å². The van der Waals surface area contributed by atoms with E-state index in [1.807, 2.05) is 30.3 Å². The molecule has 1 saturated heterocycles. The minimum atomic E-state index is 0.0338. The summed E-state index contributed by atoms with van der Waals surface area (Å²) in [7, 11) is 0. The molecule has 0 saturated carbocycles. The molecule has 1 amide bonds. The second-order valence-electron chi connectivity index (χ2n) is 8.11. The number of hydrogen-bond acceptors (Lipinski definition) is 4. The van der Waals surface area contributed by atoms with Gasteiger partial charge in [-0.3, -0.25) is 9.69 Å². The van der Waals surface area contributed by atoms with Crippen molar-refractivity contribution in [3.8, 4) is 0 Å². The summed E-state index contributed by atoms with van der Waals surface area (Å²) in [4.78, 5) is 14.9. The van der Waals surface area contributed by atoms with Gasteiger partial charge in [-0.05, 0) is 48.9 Å². The molecule has 1 N–H and O–H groups in total. The van der Waals surface area contributed by atoms with Gasteiger partial charge in [0.05, 0.1) is 18.1 Å². The first-order valence-corrected chi connectivity index (χ1v) is 10.5. The summed E-state index contributed by atoms with van der Waals surface area (Å²) >= 11 is 0. The Labute approximate surface area is 175 Å². The molecule has 3 aromatic carbocycles. The largest absolute Gasteiger partial charge is 0.324 e. The van der Waals surface area contributed by atoms with E-state index >= 15 is 0 Å². The van der Waals surface area contributed by atoms with E-state index in [2.05, 4.69) is 62.5 Å². The van der Waals surface area contributed by atoms with Crippen molar-refractivity contribution in [1.82, 2.24) is 19.9 Å². The lowest BCUT2D eigenvalue weighted by atomic mass is 10.0. The summed E-state index contributed by atoms with van der Waals surface area (Å²) in [5.41, 5.74) is 4.11. The van der Waals surface area contributed by atoms with Crippen molar-refractivity contribution in [2.45, 2.75) is 25.8 Å². The first kappa shape index (κ1) is 18.8. The zero-order valence-corrected chi connectivity index (χ0v) is 17.1. The van der Waals surface area contributed by atoms with Gasteiger partial charge in [-0.1, -0.05) is 47.7 Å². The van der Waals surface area contributed by atoms with E-state index < -0.39 is 0 Å². The summed E-state index contributed by atoms with van der Waals surface area (Å²) in [6.07, 6.45) is 1.93. The monoisotopic (exact) mass is 399 g/mol. The molecule has 152 valence electrons. The first-order chi connectivity index (χ1) is 14.7. The molecular formula is C24H25N5O. The molecule has 0 radical (unpaired) electrons. The zero-order chi connectivity index (χ0) is 20.5. The minimum Gasteiger partial charge on any atom is -0.324 e. The van der Waals surface area contributed by atoms with Crippen LogP contribution in [0.15, 0.2) is 60.7 Å². The Morgan fingerprint density at radius 2 is 1.87 bits per heavy atom. The Morgan fingerprint density at radius 3 is 2.73 bits per heavy atom. The Hall–Kier alpha value is -3.25. The number of aryl methyl sites for hydroxylation is 1. The maximum atomic E-state index is 12.7. The third kappa shape index (κ3) is 3.66. The highest BCUT2D eigenvalue weighted by Crippen LogP contribution is 2.26. The van der Waals surface area contributed by atoms with E-state index in [9.17, 15) is 4.79 Å². The maximum Gasteiger partial charge on any atom is 0.238 e. The van der Waals surface area contributed by atoms with E-state index in [4.69, 9.17) is 0 Å². The molecule has 0 bridgehead atoms. The van der Waals surface area contributed by atoms with E-state index in [1.165, 1.54) is 5.56 Å². The van der Waals surface area contributed by atoms with Crippen LogP contribution in [0.4, 0.5) is 5.69 Å². The maximum absolute atomic E-state index is 12.7. The number of rotatable bonds is 4. The highest BCUT2D eigenvalue weighted by molar-refractivity contribution is 6.02. The van der Waals surface area contributed by atoms with Crippen LogP contribution < -0.4 is 5.32 Å². The quantitative estimate of drug-likeness (QED) is 0.559. The van der Waals surface area contributed by atoms with Crippen LogP contribution in [0, 0.1) is 6.92 Å². The number of fused-ring (bicyclic) bond motifs is 2. The van der Waals surface area contributed by atoms with Gasteiger partial charge in [-0.15, -0.1) is 5.10 Å². The lowest BCUT2D eigenvalue weighted by Crippen LogP contribution is -2.39. The van der Waals surface area contributed by atoms with Crippen molar-refractivity contribution in [1.29, 1.82) is 0 Å². The number of amides is 1. The van der Waals surface area contributed by atoms with Crippen LogP contribution in [-0.4, -0.2) is 45.4 Å². The number of aromatic nitrogens is 3. The Kier molecular flexibility index (Phi) is 4.93. The molecule has 0 spiro atoms. The number of carbonyl (C=O) groups is 1. The van der Waals surface area contributed by atoms with Crippen LogP contribution in [0.2, 0.25) is 0 Å². The third-order valence-corrected chi connectivity index (χ3v) is 5.96. The van der Waals surface area contributed by atoms with Gasteiger partial charge in [0, 0.05) is 24.2 Å². The van der Waals surface area contributed by atoms with Crippen molar-refractivity contribution in [2.24, 2.45) is 0 Å². The second-order valence-corrected chi connectivity index (χ2v) is 8.11. The average Bonchev–Trinajstić information content (AvgIpc) is 3.17. The number of hydrogen-bond donors (Lipinski definition) is 1. The summed E-state index contributed by atoms with van der Waals surface area (Å²) < 4.78 is 2.06. The number of piperidine rings is 1. The molecule has 1 aliphatic rings. The van der Waals surface area contributed by atoms with Crippen LogP contribution in [0.5, 0.6) is 0 Å². The Morgan fingerprint density at radius 1 is 1.07 bits per heavy atom. The molecule has 6 heteroatoms. The van der Waals surface area contributed by atoms with Gasteiger partial charge in [0.25, 0.3) is 0 Å². The van der Waals surface area contributed by atoms with Crippen molar-refractivity contribution in [3.05, 3.63) is 66.2 Å². The predicted octanol–water partition coefficient (Wildman–Crippen LogP) is 4.17. The smallest absolute Gasteiger partial charge is 0.238 e. The molecule has 1 aliphatic heterocycles. The Bertz CT molecular complexity index is 1200. The molecule has 5 rings (SSSR count). The van der Waals surface area contributed by atoms with Crippen LogP contribution in [0.1, 0.15) is 24.4 Å². The molecule has 1 aromatic heterocycles. The number of anilines is 1. The average molecular weight is 399 g/mol. The van der Waals surface area contributed by atoms with Gasteiger partial charge in [0.1, 0.15) is 5.52 Å². The topological polar surface area (TPSA) is 63.1 Å². The van der Waals surface area contributed by atoms with Crippen LogP contribution in [0.25, 0.3) is 21.8 Å². The fourth-order valence-corrected chi connectivity index (χ4v) is 4.37. The van der Waals surface area contributed by atoms with Gasteiger partial charge < -0.3 is 5.32 Å². The molecule has 0 atom stereocenters. The standard InChI is InChI=1S/C24H25N5O/c1-17-9-10-23-22(15-17)26-27-29(23)19-11-13-28(14-12-19)16-24(30)25-21-8-4-6-18-5-2-3-7-20(18)21/h2-10,15,19H,11-14,16H2,1H3,(H,25,30). The van der Waals surface area contributed by atoms with Gasteiger partial charge in [0.15, 0.2) is 0 Å².